The Morgan fingerprint density at radius 3 is 2.67 bits per heavy atom. The highest BCUT2D eigenvalue weighted by Gasteiger charge is 2.56. The van der Waals surface area contributed by atoms with Crippen molar-refractivity contribution in [3.05, 3.63) is 0 Å². The molecule has 0 heterocycles. The Morgan fingerprint density at radius 1 is 1.33 bits per heavy atom. The lowest BCUT2D eigenvalue weighted by Crippen LogP contribution is -2.60. The van der Waals surface area contributed by atoms with Crippen LogP contribution in [0.1, 0.15) is 26.7 Å². The van der Waals surface area contributed by atoms with Gasteiger partial charge < -0.3 is 15.2 Å². The highest BCUT2D eigenvalue weighted by atomic mass is 16.7. The van der Waals surface area contributed by atoms with Crippen LogP contribution in [0.2, 0.25) is 0 Å². The lowest BCUT2D eigenvalue weighted by molar-refractivity contribution is -0.146. The number of ether oxygens (including phenoxy) is 2. The van der Waals surface area contributed by atoms with E-state index < -0.39 is 0 Å². The SMILES string of the molecule is COCOC[C@H]1[C@H](N)C[C@H]2C[C@@H]1C2(C)C. The van der Waals surface area contributed by atoms with Gasteiger partial charge in [0.2, 0.25) is 0 Å². The van der Waals surface area contributed by atoms with Gasteiger partial charge in [0, 0.05) is 19.1 Å². The Bertz CT molecular complexity index is 230. The second-order valence-corrected chi connectivity index (χ2v) is 5.70. The molecule has 0 aromatic rings. The van der Waals surface area contributed by atoms with Gasteiger partial charge in [0.25, 0.3) is 0 Å². The van der Waals surface area contributed by atoms with Crippen LogP contribution < -0.4 is 5.73 Å². The molecular weight excluding hydrogens is 190 g/mol. The third-order valence-corrected chi connectivity index (χ3v) is 4.68. The van der Waals surface area contributed by atoms with Crippen molar-refractivity contribution >= 4 is 0 Å². The van der Waals surface area contributed by atoms with E-state index in [-0.39, 0.29) is 0 Å². The maximum Gasteiger partial charge on any atom is 0.146 e. The van der Waals surface area contributed by atoms with Gasteiger partial charge in [-0.1, -0.05) is 13.8 Å². The summed E-state index contributed by atoms with van der Waals surface area (Å²) in [4.78, 5) is 0. The van der Waals surface area contributed by atoms with Crippen LogP contribution in [-0.4, -0.2) is 26.6 Å². The van der Waals surface area contributed by atoms with Gasteiger partial charge in [0.15, 0.2) is 0 Å². The summed E-state index contributed by atoms with van der Waals surface area (Å²) in [6, 6.07) is 0.332. The van der Waals surface area contributed by atoms with Crippen molar-refractivity contribution in [1.82, 2.24) is 0 Å². The molecule has 0 aromatic heterocycles. The Kier molecular flexibility index (Phi) is 3.06. The predicted octanol–water partition coefficient (Wildman–Crippen LogP) is 1.62. The van der Waals surface area contributed by atoms with Crippen LogP contribution in [0.3, 0.4) is 0 Å². The minimum absolute atomic E-state index is 0.332. The normalized spacial score (nSPS) is 42.4. The second-order valence-electron chi connectivity index (χ2n) is 5.70. The summed E-state index contributed by atoms with van der Waals surface area (Å²) in [6.07, 6.45) is 2.52. The largest absolute Gasteiger partial charge is 0.359 e. The third kappa shape index (κ3) is 1.81. The number of fused-ring (bicyclic) bond motifs is 2. The van der Waals surface area contributed by atoms with E-state index in [9.17, 15) is 0 Å². The number of hydrogen-bond acceptors (Lipinski definition) is 3. The van der Waals surface area contributed by atoms with E-state index in [1.165, 1.54) is 12.8 Å². The fourth-order valence-electron chi connectivity index (χ4n) is 3.49. The molecule has 3 saturated carbocycles. The average molecular weight is 213 g/mol. The first-order valence-electron chi connectivity index (χ1n) is 5.89. The standard InChI is InChI=1S/C12H23NO2/c1-12(2)8-4-10(12)9(11(13)5-8)6-15-7-14-3/h8-11H,4-7,13H2,1-3H3/t8-,9-,10+,11-/m1/s1. The fraction of sp³-hybridized carbons (Fsp3) is 1.00. The minimum atomic E-state index is 0.332. The van der Waals surface area contributed by atoms with Gasteiger partial charge >= 0.3 is 0 Å². The number of methoxy groups -OCH3 is 1. The van der Waals surface area contributed by atoms with E-state index in [0.29, 0.717) is 24.2 Å². The van der Waals surface area contributed by atoms with E-state index in [2.05, 4.69) is 13.8 Å². The van der Waals surface area contributed by atoms with E-state index in [1.807, 2.05) is 0 Å². The Morgan fingerprint density at radius 2 is 2.07 bits per heavy atom. The summed E-state index contributed by atoms with van der Waals surface area (Å²) in [6.45, 7) is 5.90. The molecule has 2 bridgehead atoms. The zero-order chi connectivity index (χ0) is 11.1. The quantitative estimate of drug-likeness (QED) is 0.570. The molecule has 4 atom stereocenters. The monoisotopic (exact) mass is 213 g/mol. The smallest absolute Gasteiger partial charge is 0.146 e. The van der Waals surface area contributed by atoms with Gasteiger partial charge in [-0.25, -0.2) is 0 Å². The average Bonchev–Trinajstić information content (AvgIpc) is 2.20. The van der Waals surface area contributed by atoms with Crippen LogP contribution >= 0.6 is 0 Å². The van der Waals surface area contributed by atoms with Gasteiger partial charge in [0.1, 0.15) is 6.79 Å². The van der Waals surface area contributed by atoms with Crippen LogP contribution in [0.5, 0.6) is 0 Å². The summed E-state index contributed by atoms with van der Waals surface area (Å²) < 4.78 is 10.4. The first-order valence-corrected chi connectivity index (χ1v) is 5.89. The molecule has 3 rings (SSSR count). The Hall–Kier alpha value is -0.120. The van der Waals surface area contributed by atoms with Crippen LogP contribution in [0.25, 0.3) is 0 Å². The highest BCUT2D eigenvalue weighted by molar-refractivity contribution is 5.07. The van der Waals surface area contributed by atoms with Crippen molar-refractivity contribution in [2.24, 2.45) is 28.9 Å². The number of rotatable bonds is 4. The molecule has 0 amide bonds. The topological polar surface area (TPSA) is 44.5 Å². The molecule has 88 valence electrons. The van der Waals surface area contributed by atoms with Crippen LogP contribution in [0, 0.1) is 23.2 Å². The molecule has 3 aliphatic rings. The van der Waals surface area contributed by atoms with E-state index in [1.54, 1.807) is 7.11 Å². The molecule has 2 N–H and O–H groups in total. The van der Waals surface area contributed by atoms with Gasteiger partial charge in [-0.2, -0.15) is 0 Å². The summed E-state index contributed by atoms with van der Waals surface area (Å²) >= 11 is 0. The van der Waals surface area contributed by atoms with Crippen molar-refractivity contribution in [3.8, 4) is 0 Å². The molecule has 3 aliphatic carbocycles. The van der Waals surface area contributed by atoms with Crippen molar-refractivity contribution in [1.29, 1.82) is 0 Å². The number of nitrogens with two attached hydrogens (primary N) is 1. The van der Waals surface area contributed by atoms with Gasteiger partial charge in [-0.05, 0) is 30.1 Å². The molecule has 0 aliphatic heterocycles. The Balaban J connectivity index is 1.91. The number of hydrogen-bond donors (Lipinski definition) is 1. The van der Waals surface area contributed by atoms with Crippen molar-refractivity contribution in [3.63, 3.8) is 0 Å². The summed E-state index contributed by atoms with van der Waals surface area (Å²) in [5.74, 6) is 2.12. The highest BCUT2D eigenvalue weighted by Crippen LogP contribution is 2.60. The second kappa shape index (κ2) is 4.04. The maximum atomic E-state index is 6.18. The first kappa shape index (κ1) is 11.4. The summed E-state index contributed by atoms with van der Waals surface area (Å²) in [5, 5.41) is 0. The van der Waals surface area contributed by atoms with Crippen LogP contribution in [-0.2, 0) is 9.47 Å². The van der Waals surface area contributed by atoms with Gasteiger partial charge in [0.05, 0.1) is 6.61 Å². The molecule has 3 heteroatoms. The van der Waals surface area contributed by atoms with E-state index in [0.717, 1.165) is 18.4 Å². The molecule has 0 saturated heterocycles. The van der Waals surface area contributed by atoms with Crippen LogP contribution in [0.15, 0.2) is 0 Å². The molecule has 0 radical (unpaired) electrons. The molecule has 3 fully saturated rings. The third-order valence-electron chi connectivity index (χ3n) is 4.68. The van der Waals surface area contributed by atoms with Crippen LogP contribution in [0.4, 0.5) is 0 Å². The van der Waals surface area contributed by atoms with Crippen molar-refractivity contribution in [2.75, 3.05) is 20.5 Å². The minimum Gasteiger partial charge on any atom is -0.359 e. The van der Waals surface area contributed by atoms with Crippen molar-refractivity contribution < 1.29 is 9.47 Å². The lowest BCUT2D eigenvalue weighted by Gasteiger charge is -2.62. The fourth-order valence-corrected chi connectivity index (χ4v) is 3.49. The molecule has 15 heavy (non-hydrogen) atoms. The first-order chi connectivity index (χ1) is 7.07. The zero-order valence-electron chi connectivity index (χ0n) is 10.0. The van der Waals surface area contributed by atoms with Gasteiger partial charge in [-0.15, -0.1) is 0 Å². The molecule has 3 nitrogen and oxygen atoms in total. The van der Waals surface area contributed by atoms with Crippen molar-refractivity contribution in [2.45, 2.75) is 32.7 Å². The van der Waals surface area contributed by atoms with Gasteiger partial charge in [-0.3, -0.25) is 0 Å². The zero-order valence-corrected chi connectivity index (χ0v) is 10.0. The lowest BCUT2D eigenvalue weighted by atomic mass is 9.44. The molecule has 0 spiro atoms. The predicted molar refractivity (Wildman–Crippen MR) is 59.3 cm³/mol. The summed E-state index contributed by atoms with van der Waals surface area (Å²) in [5.41, 5.74) is 6.67. The maximum absolute atomic E-state index is 6.18. The Labute approximate surface area is 92.3 Å². The summed E-state index contributed by atoms with van der Waals surface area (Å²) in [7, 11) is 1.66. The van der Waals surface area contributed by atoms with E-state index >= 15 is 0 Å². The molecule has 0 aromatic carbocycles. The molecular formula is C12H23NO2. The van der Waals surface area contributed by atoms with E-state index in [4.69, 9.17) is 15.2 Å². The molecule has 0 unspecified atom stereocenters.